The van der Waals surface area contributed by atoms with Gasteiger partial charge in [0.1, 0.15) is 16.8 Å². The van der Waals surface area contributed by atoms with Crippen LogP contribution in [0.15, 0.2) is 36.4 Å². The molecule has 2 N–H and O–H groups in total. The Hall–Kier alpha value is -2.36. The molecule has 4 nitrogen and oxygen atoms in total. The molecule has 0 spiro atoms. The smallest absolute Gasteiger partial charge is 0.126 e. The molecule has 0 fully saturated rings. The second-order valence-electron chi connectivity index (χ2n) is 3.97. The minimum absolute atomic E-state index is 0.294. The molecule has 3 rings (SSSR count). The van der Waals surface area contributed by atoms with E-state index in [1.54, 1.807) is 0 Å². The zero-order valence-electron chi connectivity index (χ0n) is 9.31. The largest absolute Gasteiger partial charge is 0.507 e. The average Bonchev–Trinajstić information content (AvgIpc) is 2.81. The Morgan fingerprint density at radius 2 is 1.76 bits per heavy atom. The number of phenolic OH excluding ortho intramolecular Hbond substituents is 1. The number of benzene rings is 2. The number of aryl methyl sites for hydroxylation is 1. The van der Waals surface area contributed by atoms with Gasteiger partial charge in [-0.15, -0.1) is 0 Å². The van der Waals surface area contributed by atoms with Gasteiger partial charge < -0.3 is 5.11 Å². The second-order valence-corrected chi connectivity index (χ2v) is 3.97. The zero-order valence-corrected chi connectivity index (χ0v) is 9.31. The third-order valence-electron chi connectivity index (χ3n) is 2.87. The number of aromatic amines is 1. The topological polar surface area (TPSA) is 61.8 Å². The Morgan fingerprint density at radius 3 is 2.65 bits per heavy atom. The number of rotatable bonds is 1. The number of H-pyrrole nitrogens is 1. The fraction of sp³-hybridized carbons (Fsp3) is 0.0769. The first kappa shape index (κ1) is 9.84. The van der Waals surface area contributed by atoms with E-state index in [1.807, 2.05) is 43.3 Å². The van der Waals surface area contributed by atoms with Gasteiger partial charge in [-0.05, 0) is 18.6 Å². The third kappa shape index (κ3) is 1.45. The summed E-state index contributed by atoms with van der Waals surface area (Å²) in [5.41, 5.74) is 4.08. The van der Waals surface area contributed by atoms with Gasteiger partial charge in [0.2, 0.25) is 0 Å². The quantitative estimate of drug-likeness (QED) is 0.669. The molecule has 0 saturated carbocycles. The number of phenols is 1. The lowest BCUT2D eigenvalue weighted by molar-refractivity contribution is 0.473. The summed E-state index contributed by atoms with van der Waals surface area (Å²) >= 11 is 0. The van der Waals surface area contributed by atoms with Crippen LogP contribution in [0.1, 0.15) is 5.56 Å². The first-order valence-electron chi connectivity index (χ1n) is 5.36. The van der Waals surface area contributed by atoms with Crippen molar-refractivity contribution < 1.29 is 5.11 Å². The van der Waals surface area contributed by atoms with Gasteiger partial charge in [-0.3, -0.25) is 0 Å². The highest BCUT2D eigenvalue weighted by molar-refractivity contribution is 5.93. The van der Waals surface area contributed by atoms with Gasteiger partial charge in [0, 0.05) is 11.1 Å². The van der Waals surface area contributed by atoms with Crippen molar-refractivity contribution in [1.29, 1.82) is 0 Å². The van der Waals surface area contributed by atoms with Crippen LogP contribution in [0.3, 0.4) is 0 Å². The van der Waals surface area contributed by atoms with Crippen molar-refractivity contribution in [2.24, 2.45) is 0 Å². The molecule has 1 aromatic heterocycles. The van der Waals surface area contributed by atoms with Crippen molar-refractivity contribution in [2.75, 3.05) is 0 Å². The van der Waals surface area contributed by atoms with Crippen molar-refractivity contribution in [3.8, 4) is 16.9 Å². The lowest BCUT2D eigenvalue weighted by Gasteiger charge is -2.07. The average molecular weight is 225 g/mol. The van der Waals surface area contributed by atoms with Crippen LogP contribution in [0.2, 0.25) is 0 Å². The molecule has 17 heavy (non-hydrogen) atoms. The van der Waals surface area contributed by atoms with Gasteiger partial charge in [-0.25, -0.2) is 0 Å². The molecule has 2 aromatic carbocycles. The minimum atomic E-state index is 0.294. The molecular formula is C13H11N3O. The summed E-state index contributed by atoms with van der Waals surface area (Å²) < 4.78 is 0. The highest BCUT2D eigenvalue weighted by atomic mass is 16.3. The number of nitrogens with zero attached hydrogens (tertiary/aromatic N) is 2. The van der Waals surface area contributed by atoms with E-state index in [0.29, 0.717) is 5.75 Å². The first-order chi connectivity index (χ1) is 8.27. The van der Waals surface area contributed by atoms with E-state index in [-0.39, 0.29) is 0 Å². The van der Waals surface area contributed by atoms with Crippen molar-refractivity contribution in [1.82, 2.24) is 15.4 Å². The predicted molar refractivity (Wildman–Crippen MR) is 65.7 cm³/mol. The Kier molecular flexibility index (Phi) is 2.08. The molecule has 0 amide bonds. The first-order valence-corrected chi connectivity index (χ1v) is 5.36. The van der Waals surface area contributed by atoms with E-state index in [4.69, 9.17) is 0 Å². The zero-order chi connectivity index (χ0) is 11.8. The Bertz CT molecular complexity index is 688. The van der Waals surface area contributed by atoms with E-state index in [9.17, 15) is 5.11 Å². The summed E-state index contributed by atoms with van der Waals surface area (Å²) in [7, 11) is 0. The van der Waals surface area contributed by atoms with Gasteiger partial charge >= 0.3 is 0 Å². The number of aromatic hydroxyl groups is 1. The van der Waals surface area contributed by atoms with Gasteiger partial charge in [0.15, 0.2) is 0 Å². The Morgan fingerprint density at radius 1 is 1.00 bits per heavy atom. The number of nitrogens with one attached hydrogen (secondary N) is 1. The highest BCUT2D eigenvalue weighted by Gasteiger charge is 2.11. The Labute approximate surface area is 97.9 Å². The van der Waals surface area contributed by atoms with Crippen molar-refractivity contribution in [3.05, 3.63) is 42.0 Å². The van der Waals surface area contributed by atoms with Crippen LogP contribution >= 0.6 is 0 Å². The standard InChI is InChI=1S/C13H11N3O/c1-8-4-2-6-10(13(8)17)9-5-3-7-11-12(9)15-16-14-11/h2-7,17H,1H3,(H,14,15,16). The number of hydrogen-bond donors (Lipinski definition) is 2. The lowest BCUT2D eigenvalue weighted by atomic mass is 10.0. The number of aromatic nitrogens is 3. The molecule has 3 aromatic rings. The van der Waals surface area contributed by atoms with E-state index in [0.717, 1.165) is 27.7 Å². The van der Waals surface area contributed by atoms with E-state index in [1.165, 1.54) is 0 Å². The van der Waals surface area contributed by atoms with Crippen LogP contribution in [0, 0.1) is 6.92 Å². The molecular weight excluding hydrogens is 214 g/mol. The van der Waals surface area contributed by atoms with Gasteiger partial charge in [-0.2, -0.15) is 15.4 Å². The molecule has 0 bridgehead atoms. The second kappa shape index (κ2) is 3.59. The minimum Gasteiger partial charge on any atom is -0.507 e. The van der Waals surface area contributed by atoms with Crippen molar-refractivity contribution in [3.63, 3.8) is 0 Å². The fourth-order valence-electron chi connectivity index (χ4n) is 1.96. The van der Waals surface area contributed by atoms with Crippen LogP contribution in [0.5, 0.6) is 5.75 Å². The summed E-state index contributed by atoms with van der Waals surface area (Å²) in [5.74, 6) is 0.294. The summed E-state index contributed by atoms with van der Waals surface area (Å²) in [4.78, 5) is 0. The number of fused-ring (bicyclic) bond motifs is 1. The van der Waals surface area contributed by atoms with E-state index >= 15 is 0 Å². The molecule has 0 aliphatic carbocycles. The van der Waals surface area contributed by atoms with Crippen molar-refractivity contribution in [2.45, 2.75) is 6.92 Å². The molecule has 4 heteroatoms. The van der Waals surface area contributed by atoms with Crippen LogP contribution < -0.4 is 0 Å². The molecule has 0 saturated heterocycles. The summed E-state index contributed by atoms with van der Waals surface area (Å²) in [5, 5.41) is 20.8. The van der Waals surface area contributed by atoms with Crippen LogP contribution in [-0.4, -0.2) is 20.5 Å². The maximum Gasteiger partial charge on any atom is 0.126 e. The number of hydrogen-bond acceptors (Lipinski definition) is 3. The molecule has 0 radical (unpaired) electrons. The Balaban J connectivity index is 2.34. The van der Waals surface area contributed by atoms with Crippen LogP contribution in [-0.2, 0) is 0 Å². The van der Waals surface area contributed by atoms with Crippen molar-refractivity contribution >= 4 is 11.0 Å². The monoisotopic (exact) mass is 225 g/mol. The fourth-order valence-corrected chi connectivity index (χ4v) is 1.96. The normalized spacial score (nSPS) is 10.9. The van der Waals surface area contributed by atoms with Gasteiger partial charge in [-0.1, -0.05) is 30.3 Å². The summed E-state index contributed by atoms with van der Waals surface area (Å²) in [6, 6.07) is 11.4. The predicted octanol–water partition coefficient (Wildman–Crippen LogP) is 2.64. The summed E-state index contributed by atoms with van der Waals surface area (Å²) in [6.45, 7) is 1.88. The summed E-state index contributed by atoms with van der Waals surface area (Å²) in [6.07, 6.45) is 0. The maximum atomic E-state index is 10.1. The number of para-hydroxylation sites is 2. The maximum absolute atomic E-state index is 10.1. The molecule has 0 aliphatic rings. The molecule has 0 atom stereocenters. The molecule has 0 aliphatic heterocycles. The third-order valence-corrected chi connectivity index (χ3v) is 2.87. The highest BCUT2D eigenvalue weighted by Crippen LogP contribution is 2.34. The molecule has 0 unspecified atom stereocenters. The molecule has 84 valence electrons. The van der Waals surface area contributed by atoms with E-state index < -0.39 is 0 Å². The van der Waals surface area contributed by atoms with Crippen LogP contribution in [0.4, 0.5) is 0 Å². The van der Waals surface area contributed by atoms with Crippen LogP contribution in [0.25, 0.3) is 22.2 Å². The molecule has 1 heterocycles. The van der Waals surface area contributed by atoms with Gasteiger partial charge in [0.25, 0.3) is 0 Å². The van der Waals surface area contributed by atoms with Gasteiger partial charge in [0.05, 0.1) is 0 Å². The SMILES string of the molecule is Cc1cccc(-c2cccc3n[nH]nc23)c1O. The van der Waals surface area contributed by atoms with E-state index in [2.05, 4.69) is 15.4 Å². The lowest BCUT2D eigenvalue weighted by Crippen LogP contribution is -1.84.